The van der Waals surface area contributed by atoms with E-state index in [9.17, 15) is 18.6 Å². The fraction of sp³-hybridized carbons (Fsp3) is 0.350. The SMILES string of the molecule is CC/C(=C\C(=NC)C(C)(O)CO)c1csc(-c2ccc(NS(C)(=O)=O)cc2Cl)c1. The van der Waals surface area contributed by atoms with Gasteiger partial charge in [-0.05, 0) is 60.2 Å². The van der Waals surface area contributed by atoms with Gasteiger partial charge in [0, 0.05) is 23.2 Å². The van der Waals surface area contributed by atoms with E-state index in [1.54, 1.807) is 31.3 Å². The summed E-state index contributed by atoms with van der Waals surface area (Å²) in [6.45, 7) is 3.10. The maximum absolute atomic E-state index is 11.4. The van der Waals surface area contributed by atoms with Gasteiger partial charge in [-0.2, -0.15) is 0 Å². The quantitative estimate of drug-likeness (QED) is 0.522. The predicted octanol–water partition coefficient (Wildman–Crippen LogP) is 4.05. The summed E-state index contributed by atoms with van der Waals surface area (Å²) in [5.74, 6) is 0. The lowest BCUT2D eigenvalue weighted by molar-refractivity contribution is 0.0611. The van der Waals surface area contributed by atoms with E-state index in [1.807, 2.05) is 18.4 Å². The van der Waals surface area contributed by atoms with Gasteiger partial charge in [0.1, 0.15) is 5.60 Å². The number of sulfonamides is 1. The van der Waals surface area contributed by atoms with E-state index in [-0.39, 0.29) is 0 Å². The van der Waals surface area contributed by atoms with Crippen LogP contribution >= 0.6 is 22.9 Å². The minimum absolute atomic E-state index is 0.402. The standard InChI is InChI=1S/C20H25ClN2O4S2/c1-5-13(9-19(22-3)20(2,25)12-24)14-8-18(28-11-14)16-7-6-15(10-17(16)21)23-29(4,26)27/h6-11,23-25H,5,12H2,1-4H3/b13-9+,22-19?. The summed E-state index contributed by atoms with van der Waals surface area (Å²) in [6, 6.07) is 7.01. The average Bonchev–Trinajstić information content (AvgIpc) is 3.10. The summed E-state index contributed by atoms with van der Waals surface area (Å²) < 4.78 is 25.2. The largest absolute Gasteiger partial charge is 0.393 e. The number of nitrogens with one attached hydrogen (secondary N) is 1. The number of hydrogen-bond acceptors (Lipinski definition) is 6. The van der Waals surface area contributed by atoms with E-state index in [0.717, 1.165) is 27.8 Å². The van der Waals surface area contributed by atoms with E-state index in [4.69, 9.17) is 11.6 Å². The molecule has 1 aromatic carbocycles. The van der Waals surface area contributed by atoms with Crippen LogP contribution in [0.3, 0.4) is 0 Å². The van der Waals surface area contributed by atoms with Crippen LogP contribution in [0, 0.1) is 0 Å². The molecular weight excluding hydrogens is 432 g/mol. The third kappa shape index (κ3) is 6.13. The first kappa shape index (κ1) is 23.6. The first-order chi connectivity index (χ1) is 13.5. The molecule has 29 heavy (non-hydrogen) atoms. The molecule has 1 unspecified atom stereocenters. The van der Waals surface area contributed by atoms with Gasteiger partial charge in [0.05, 0.1) is 23.6 Å². The van der Waals surface area contributed by atoms with Crippen molar-refractivity contribution in [3.63, 3.8) is 0 Å². The molecule has 0 amide bonds. The smallest absolute Gasteiger partial charge is 0.229 e. The van der Waals surface area contributed by atoms with E-state index in [1.165, 1.54) is 18.3 Å². The minimum Gasteiger partial charge on any atom is -0.393 e. The van der Waals surface area contributed by atoms with E-state index in [0.29, 0.717) is 22.8 Å². The summed E-state index contributed by atoms with van der Waals surface area (Å²) >= 11 is 7.89. The van der Waals surface area contributed by atoms with Crippen molar-refractivity contribution in [1.29, 1.82) is 0 Å². The first-order valence-corrected chi connectivity index (χ1v) is 12.0. The maximum atomic E-state index is 11.4. The van der Waals surface area contributed by atoms with E-state index >= 15 is 0 Å². The van der Waals surface area contributed by atoms with Crippen LogP contribution in [0.1, 0.15) is 25.8 Å². The van der Waals surface area contributed by atoms with Gasteiger partial charge in [-0.25, -0.2) is 8.42 Å². The molecule has 1 aromatic heterocycles. The lowest BCUT2D eigenvalue weighted by Gasteiger charge is -2.21. The van der Waals surface area contributed by atoms with Gasteiger partial charge in [-0.15, -0.1) is 11.3 Å². The van der Waals surface area contributed by atoms with Crippen molar-refractivity contribution in [1.82, 2.24) is 0 Å². The molecule has 3 N–H and O–H groups in total. The van der Waals surface area contributed by atoms with Crippen molar-refractivity contribution in [2.75, 3.05) is 24.6 Å². The van der Waals surface area contributed by atoms with Crippen molar-refractivity contribution in [3.8, 4) is 10.4 Å². The van der Waals surface area contributed by atoms with Gasteiger partial charge in [-0.3, -0.25) is 9.71 Å². The Morgan fingerprint density at radius 3 is 2.59 bits per heavy atom. The number of anilines is 1. The Labute approximate surface area is 180 Å². The highest BCUT2D eigenvalue weighted by atomic mass is 35.5. The molecule has 0 spiro atoms. The second-order valence-electron chi connectivity index (χ2n) is 6.83. The molecule has 2 aromatic rings. The number of thiophene rings is 1. The number of nitrogens with zero attached hydrogens (tertiary/aromatic N) is 1. The molecule has 0 saturated carbocycles. The highest BCUT2D eigenvalue weighted by Crippen LogP contribution is 2.37. The highest BCUT2D eigenvalue weighted by molar-refractivity contribution is 7.92. The molecule has 1 atom stereocenters. The fourth-order valence-corrected chi connectivity index (χ4v) is 4.60. The second-order valence-corrected chi connectivity index (χ2v) is 9.90. The van der Waals surface area contributed by atoms with Gasteiger partial charge < -0.3 is 10.2 Å². The third-order valence-corrected chi connectivity index (χ3v) is 6.18. The Morgan fingerprint density at radius 2 is 2.07 bits per heavy atom. The first-order valence-electron chi connectivity index (χ1n) is 8.88. The van der Waals surface area contributed by atoms with Crippen LogP contribution in [0.5, 0.6) is 0 Å². The Morgan fingerprint density at radius 1 is 1.38 bits per heavy atom. The summed E-state index contributed by atoms with van der Waals surface area (Å²) in [7, 11) is -1.80. The van der Waals surface area contributed by atoms with Crippen molar-refractivity contribution in [2.45, 2.75) is 25.9 Å². The fourth-order valence-electron chi connectivity index (χ4n) is 2.73. The third-order valence-electron chi connectivity index (χ3n) is 4.30. The van der Waals surface area contributed by atoms with Crippen LogP contribution in [0.15, 0.2) is 40.7 Å². The van der Waals surface area contributed by atoms with Crippen LogP contribution in [-0.4, -0.2) is 49.9 Å². The number of aliphatic imine (C=N–C) groups is 1. The van der Waals surface area contributed by atoms with Crippen LogP contribution in [-0.2, 0) is 10.0 Å². The zero-order valence-corrected chi connectivity index (χ0v) is 19.1. The van der Waals surface area contributed by atoms with Crippen LogP contribution in [0.4, 0.5) is 5.69 Å². The molecule has 0 bridgehead atoms. The minimum atomic E-state index is -3.37. The normalized spacial score (nSPS) is 15.3. The Kier molecular flexibility index (Phi) is 7.64. The van der Waals surface area contributed by atoms with Crippen LogP contribution in [0.2, 0.25) is 5.02 Å². The van der Waals surface area contributed by atoms with Gasteiger partial charge in [0.25, 0.3) is 0 Å². The van der Waals surface area contributed by atoms with Gasteiger partial charge in [-0.1, -0.05) is 18.5 Å². The van der Waals surface area contributed by atoms with Gasteiger partial charge in [0.15, 0.2) is 0 Å². The number of aliphatic hydroxyl groups excluding tert-OH is 1. The highest BCUT2D eigenvalue weighted by Gasteiger charge is 2.25. The monoisotopic (exact) mass is 456 g/mol. The second kappa shape index (κ2) is 9.40. The maximum Gasteiger partial charge on any atom is 0.229 e. The Bertz CT molecular complexity index is 1040. The zero-order valence-electron chi connectivity index (χ0n) is 16.7. The summed E-state index contributed by atoms with van der Waals surface area (Å²) in [6.07, 6.45) is 3.59. The number of rotatable bonds is 8. The number of halogens is 1. The molecule has 9 heteroatoms. The zero-order chi connectivity index (χ0) is 21.8. The molecule has 1 heterocycles. The van der Waals surface area contributed by atoms with Crippen LogP contribution < -0.4 is 4.72 Å². The molecule has 0 fully saturated rings. The van der Waals surface area contributed by atoms with Gasteiger partial charge in [0.2, 0.25) is 10.0 Å². The number of aliphatic hydroxyl groups is 2. The molecule has 0 saturated heterocycles. The predicted molar refractivity (Wildman–Crippen MR) is 123 cm³/mol. The lowest BCUT2D eigenvalue weighted by Crippen LogP contribution is -2.38. The molecule has 0 aliphatic carbocycles. The lowest BCUT2D eigenvalue weighted by atomic mass is 9.95. The molecule has 6 nitrogen and oxygen atoms in total. The summed E-state index contributed by atoms with van der Waals surface area (Å²) in [5, 5.41) is 22.2. The van der Waals surface area contributed by atoms with Crippen molar-refractivity contribution in [3.05, 3.63) is 46.3 Å². The van der Waals surface area contributed by atoms with Crippen molar-refractivity contribution < 1.29 is 18.6 Å². The average molecular weight is 457 g/mol. The van der Waals surface area contributed by atoms with Crippen molar-refractivity contribution >= 4 is 49.9 Å². The molecule has 0 radical (unpaired) electrons. The topological polar surface area (TPSA) is 99.0 Å². The van der Waals surface area contributed by atoms with Gasteiger partial charge >= 0.3 is 0 Å². The summed E-state index contributed by atoms with van der Waals surface area (Å²) in [5.41, 5.74) is 2.12. The Balaban J connectivity index is 2.38. The number of benzene rings is 1. The molecule has 0 aliphatic heterocycles. The molecule has 158 valence electrons. The van der Waals surface area contributed by atoms with Crippen LogP contribution in [0.25, 0.3) is 16.0 Å². The van der Waals surface area contributed by atoms with E-state index in [2.05, 4.69) is 9.71 Å². The van der Waals surface area contributed by atoms with Crippen molar-refractivity contribution in [2.24, 2.45) is 4.99 Å². The Hall–Kier alpha value is -1.71. The molecular formula is C20H25ClN2O4S2. The molecule has 2 rings (SSSR count). The van der Waals surface area contributed by atoms with E-state index < -0.39 is 22.2 Å². The number of allylic oxidation sites excluding steroid dienone is 1. The number of hydrogen-bond donors (Lipinski definition) is 3. The molecule has 0 aliphatic rings. The summed E-state index contributed by atoms with van der Waals surface area (Å²) in [4.78, 5) is 5.05.